The van der Waals surface area contributed by atoms with Gasteiger partial charge in [-0.3, -0.25) is 4.79 Å². The molecule has 1 heterocycles. The number of carbonyl (C=O) groups is 1. The molecule has 0 radical (unpaired) electrons. The summed E-state index contributed by atoms with van der Waals surface area (Å²) >= 11 is 0. The molecule has 1 amide bonds. The number of aryl methyl sites for hydroxylation is 3. The van der Waals surface area contributed by atoms with Crippen LogP contribution in [0.2, 0.25) is 0 Å². The van der Waals surface area contributed by atoms with Crippen LogP contribution in [0.15, 0.2) is 61.2 Å². The van der Waals surface area contributed by atoms with Crippen LogP contribution in [0.25, 0.3) is 6.08 Å². The molecule has 0 spiro atoms. The van der Waals surface area contributed by atoms with Gasteiger partial charge in [0, 0.05) is 15.0 Å². The van der Waals surface area contributed by atoms with E-state index in [0.717, 1.165) is 12.1 Å². The van der Waals surface area contributed by atoms with Crippen molar-refractivity contribution in [2.75, 3.05) is 5.32 Å². The number of fused-ring (bicyclic) bond motifs is 1. The van der Waals surface area contributed by atoms with Gasteiger partial charge in [0.15, 0.2) is 0 Å². The summed E-state index contributed by atoms with van der Waals surface area (Å²) in [5.41, 5.74) is 6.01. The summed E-state index contributed by atoms with van der Waals surface area (Å²) in [6.45, 7) is 7.77. The van der Waals surface area contributed by atoms with E-state index >= 15 is 0 Å². The van der Waals surface area contributed by atoms with Gasteiger partial charge in [0.2, 0.25) is 5.91 Å². The number of nitrogens with one attached hydrogen (secondary N) is 1. The first-order valence-corrected chi connectivity index (χ1v) is 7.83. The number of allylic oxidation sites excluding steroid dienone is 2. The van der Waals surface area contributed by atoms with E-state index in [0.29, 0.717) is 6.42 Å². The number of amides is 1. The van der Waals surface area contributed by atoms with E-state index in [1.165, 1.54) is 22.3 Å². The zero-order chi connectivity index (χ0) is 16.7. The molecule has 0 bridgehead atoms. The second kappa shape index (κ2) is 8.14. The van der Waals surface area contributed by atoms with Crippen LogP contribution in [0.1, 0.15) is 31.5 Å². The van der Waals surface area contributed by atoms with Gasteiger partial charge in [0.1, 0.15) is 0 Å². The van der Waals surface area contributed by atoms with Crippen molar-refractivity contribution in [3.63, 3.8) is 0 Å². The first-order chi connectivity index (χ1) is 11.1. The van der Waals surface area contributed by atoms with Crippen molar-refractivity contribution in [1.82, 2.24) is 0 Å². The molecule has 0 aromatic heterocycles. The van der Waals surface area contributed by atoms with E-state index < -0.39 is 0 Å². The van der Waals surface area contributed by atoms with Gasteiger partial charge < -0.3 is 5.32 Å². The maximum Gasteiger partial charge on any atom is 0.224 e. The maximum atomic E-state index is 11.0. The van der Waals surface area contributed by atoms with Crippen molar-refractivity contribution < 1.29 is 7.65 Å². The highest BCUT2D eigenvalue weighted by Crippen LogP contribution is 2.22. The summed E-state index contributed by atoms with van der Waals surface area (Å²) in [5.74, 6) is 0.131. The number of anilines is 1. The van der Waals surface area contributed by atoms with Crippen LogP contribution in [-0.4, -0.2) is 5.91 Å². The summed E-state index contributed by atoms with van der Waals surface area (Å²) in [5, 5.41) is 2.85. The standard InChI is InChI=1S/C11H12.C10H11NO.2H2/c1-3-4-7-11-8-5-6-10(2)9-11;1-7-2-4-9-8(6-7)3-5-10(12)11-9;;/h3-9H,1H2,2H3;2,4,6H,3,5H2,1H3,(H,11,12);2*1H/b7-4-;;;. The van der Waals surface area contributed by atoms with Crippen LogP contribution in [0.4, 0.5) is 5.69 Å². The molecule has 3 rings (SSSR count). The second-order valence-electron chi connectivity index (χ2n) is 5.72. The number of benzene rings is 2. The molecule has 0 unspecified atom stereocenters. The highest BCUT2D eigenvalue weighted by molar-refractivity contribution is 5.93. The largest absolute Gasteiger partial charge is 0.326 e. The Hall–Kier alpha value is -2.61. The average Bonchev–Trinajstić information content (AvgIpc) is 2.54. The summed E-state index contributed by atoms with van der Waals surface area (Å²) in [4.78, 5) is 11.0. The Morgan fingerprint density at radius 1 is 1.09 bits per heavy atom. The van der Waals surface area contributed by atoms with Crippen LogP contribution in [0, 0.1) is 13.8 Å². The molecule has 0 saturated carbocycles. The van der Waals surface area contributed by atoms with Crippen LogP contribution in [0.3, 0.4) is 0 Å². The van der Waals surface area contributed by atoms with Gasteiger partial charge in [-0.2, -0.15) is 0 Å². The number of carbonyl (C=O) groups excluding carboxylic acids is 1. The highest BCUT2D eigenvalue weighted by Gasteiger charge is 2.13. The van der Waals surface area contributed by atoms with Crippen LogP contribution >= 0.6 is 0 Å². The first kappa shape index (κ1) is 16.8. The Kier molecular flexibility index (Phi) is 5.93. The van der Waals surface area contributed by atoms with Crippen molar-refractivity contribution in [3.8, 4) is 0 Å². The molecule has 122 valence electrons. The predicted molar refractivity (Wildman–Crippen MR) is 103 cm³/mol. The minimum Gasteiger partial charge on any atom is -0.326 e. The summed E-state index contributed by atoms with van der Waals surface area (Å²) in [7, 11) is 0. The van der Waals surface area contributed by atoms with Gasteiger partial charge in [-0.1, -0.05) is 72.3 Å². The molecule has 1 aliphatic heterocycles. The Morgan fingerprint density at radius 2 is 1.87 bits per heavy atom. The minimum atomic E-state index is 0. The average molecular weight is 309 g/mol. The lowest BCUT2D eigenvalue weighted by molar-refractivity contribution is -0.116. The normalized spacial score (nSPS) is 12.9. The van der Waals surface area contributed by atoms with Crippen molar-refractivity contribution in [1.29, 1.82) is 0 Å². The molecule has 2 nitrogen and oxygen atoms in total. The second-order valence-corrected chi connectivity index (χ2v) is 5.72. The van der Waals surface area contributed by atoms with E-state index in [2.05, 4.69) is 56.1 Å². The van der Waals surface area contributed by atoms with E-state index in [4.69, 9.17) is 0 Å². The van der Waals surface area contributed by atoms with E-state index in [1.54, 1.807) is 6.08 Å². The zero-order valence-electron chi connectivity index (χ0n) is 13.8. The minimum absolute atomic E-state index is 0. The number of hydrogen-bond acceptors (Lipinski definition) is 1. The maximum absolute atomic E-state index is 11.0. The third kappa shape index (κ3) is 5.26. The zero-order valence-corrected chi connectivity index (χ0v) is 13.8. The molecule has 1 N–H and O–H groups in total. The third-order valence-electron chi connectivity index (χ3n) is 3.62. The van der Waals surface area contributed by atoms with Crippen molar-refractivity contribution in [3.05, 3.63) is 83.4 Å². The van der Waals surface area contributed by atoms with Crippen molar-refractivity contribution in [2.24, 2.45) is 0 Å². The summed E-state index contributed by atoms with van der Waals surface area (Å²) in [6.07, 6.45) is 7.26. The van der Waals surface area contributed by atoms with Crippen molar-refractivity contribution >= 4 is 17.7 Å². The van der Waals surface area contributed by atoms with Crippen molar-refractivity contribution in [2.45, 2.75) is 26.7 Å². The summed E-state index contributed by atoms with van der Waals surface area (Å²) < 4.78 is 0. The fourth-order valence-electron chi connectivity index (χ4n) is 2.47. The van der Waals surface area contributed by atoms with Gasteiger partial charge in [0.25, 0.3) is 0 Å². The van der Waals surface area contributed by atoms with Gasteiger partial charge >= 0.3 is 0 Å². The molecule has 1 aliphatic rings. The fraction of sp³-hybridized carbons (Fsp3) is 0.190. The molecule has 2 heteroatoms. The van der Waals surface area contributed by atoms with Gasteiger partial charge in [-0.15, -0.1) is 0 Å². The molecule has 0 atom stereocenters. The molecule has 23 heavy (non-hydrogen) atoms. The van der Waals surface area contributed by atoms with E-state index in [1.807, 2.05) is 24.3 Å². The lowest BCUT2D eigenvalue weighted by Gasteiger charge is -2.16. The van der Waals surface area contributed by atoms with Crippen LogP contribution in [-0.2, 0) is 11.2 Å². The van der Waals surface area contributed by atoms with Crippen LogP contribution in [0.5, 0.6) is 0 Å². The molecular weight excluding hydrogens is 282 g/mol. The Morgan fingerprint density at radius 3 is 2.61 bits per heavy atom. The van der Waals surface area contributed by atoms with E-state index in [-0.39, 0.29) is 8.76 Å². The molecule has 0 saturated heterocycles. The lowest BCUT2D eigenvalue weighted by Crippen LogP contribution is -2.18. The Balaban J connectivity index is 0.000000429. The first-order valence-electron chi connectivity index (χ1n) is 7.83. The lowest BCUT2D eigenvalue weighted by atomic mass is 10.0. The Bertz CT molecular complexity index is 738. The fourth-order valence-corrected chi connectivity index (χ4v) is 2.47. The quantitative estimate of drug-likeness (QED) is 0.722. The molecule has 0 aliphatic carbocycles. The molecule has 2 aromatic carbocycles. The van der Waals surface area contributed by atoms with Gasteiger partial charge in [-0.25, -0.2) is 0 Å². The monoisotopic (exact) mass is 309 g/mol. The molecular formula is C21H27NO. The topological polar surface area (TPSA) is 29.1 Å². The smallest absolute Gasteiger partial charge is 0.224 e. The van der Waals surface area contributed by atoms with Gasteiger partial charge in [-0.05, 0) is 37.5 Å². The summed E-state index contributed by atoms with van der Waals surface area (Å²) in [6, 6.07) is 14.5. The highest BCUT2D eigenvalue weighted by atomic mass is 16.1. The SMILES string of the molecule is C=C/C=C\c1cccc(C)c1.Cc1ccc2c(c1)CCC(=O)N2.[HH].[HH]. The number of hydrogen-bond donors (Lipinski definition) is 1. The van der Waals surface area contributed by atoms with Crippen LogP contribution < -0.4 is 5.32 Å². The molecule has 2 aromatic rings. The predicted octanol–water partition coefficient (Wildman–Crippen LogP) is 5.57. The van der Waals surface area contributed by atoms with E-state index in [9.17, 15) is 4.79 Å². The number of rotatable bonds is 2. The van der Waals surface area contributed by atoms with Gasteiger partial charge in [0.05, 0.1) is 0 Å². The molecule has 0 fully saturated rings. The Labute approximate surface area is 141 Å². The third-order valence-corrected chi connectivity index (χ3v) is 3.62.